The number of hydrogen-bond acceptors (Lipinski definition) is 5. The molecule has 0 spiro atoms. The number of fused-ring (bicyclic) bond motifs is 1. The van der Waals surface area contributed by atoms with Crippen LogP contribution in [0.5, 0.6) is 0 Å². The van der Waals surface area contributed by atoms with Gasteiger partial charge in [0.05, 0.1) is 4.90 Å². The second kappa shape index (κ2) is 16.6. The first-order chi connectivity index (χ1) is 26.3. The van der Waals surface area contributed by atoms with Gasteiger partial charge in [0.25, 0.3) is 10.1 Å². The van der Waals surface area contributed by atoms with Gasteiger partial charge in [0.1, 0.15) is 0 Å². The van der Waals surface area contributed by atoms with Crippen molar-refractivity contribution < 1.29 is 26.1 Å². The Bertz CT molecular complexity index is 2270. The standard InChI is InChI=1S/C45H46F3N3O3S/c1-5-50(42-14-9-7-12-31(42)3)35-20-16-33(17-21-35)44(34-18-22-36(23-19-34)51(6-2)43-15-10-8-13-32(43)4)39-26-27-41(49-29-11-28-45(46,47)48)40-30-37(55(52,53)54)24-25-38(39)40/h7-10,12-27,30,44,49H,5-6,11,28-29H2,1-4H3,(H,52,53,54). The van der Waals surface area contributed by atoms with Gasteiger partial charge in [0.15, 0.2) is 0 Å². The molecule has 0 amide bonds. The molecule has 0 aromatic heterocycles. The molecule has 10 heteroatoms. The summed E-state index contributed by atoms with van der Waals surface area (Å²) in [6, 6.07) is 41.6. The molecular weight excluding hydrogens is 720 g/mol. The number of nitrogens with one attached hydrogen (secondary N) is 1. The topological polar surface area (TPSA) is 72.9 Å². The largest absolute Gasteiger partial charge is 0.389 e. The summed E-state index contributed by atoms with van der Waals surface area (Å²) in [5.74, 6) is -0.316. The number of nitrogens with zero attached hydrogens (tertiary/aromatic N) is 2. The minimum atomic E-state index is -4.56. The summed E-state index contributed by atoms with van der Waals surface area (Å²) in [5, 5.41) is 4.27. The first-order valence-corrected chi connectivity index (χ1v) is 19.9. The summed E-state index contributed by atoms with van der Waals surface area (Å²) >= 11 is 0. The molecule has 6 aromatic rings. The molecule has 0 saturated heterocycles. The molecule has 0 aliphatic rings. The normalized spacial score (nSPS) is 11.9. The first-order valence-electron chi connectivity index (χ1n) is 18.5. The number of hydrogen-bond donors (Lipinski definition) is 2. The van der Waals surface area contributed by atoms with Gasteiger partial charge >= 0.3 is 6.18 Å². The molecule has 0 atom stereocenters. The van der Waals surface area contributed by atoms with Crippen LogP contribution < -0.4 is 15.1 Å². The molecule has 0 fully saturated rings. The Morgan fingerprint density at radius 3 is 1.64 bits per heavy atom. The molecule has 2 N–H and O–H groups in total. The van der Waals surface area contributed by atoms with Crippen molar-refractivity contribution in [3.8, 4) is 0 Å². The summed E-state index contributed by atoms with van der Waals surface area (Å²) < 4.78 is 73.4. The Hall–Kier alpha value is -5.32. The van der Waals surface area contributed by atoms with Crippen LogP contribution in [0.1, 0.15) is 60.4 Å². The van der Waals surface area contributed by atoms with E-state index in [0.717, 1.165) is 52.5 Å². The van der Waals surface area contributed by atoms with Crippen LogP contribution in [0.2, 0.25) is 0 Å². The van der Waals surface area contributed by atoms with Gasteiger partial charge in [-0.05, 0) is 122 Å². The highest BCUT2D eigenvalue weighted by molar-refractivity contribution is 7.85. The van der Waals surface area contributed by atoms with E-state index >= 15 is 0 Å². The predicted octanol–water partition coefficient (Wildman–Crippen LogP) is 12.0. The summed E-state index contributed by atoms with van der Waals surface area (Å²) in [5.41, 5.74) is 9.99. The van der Waals surface area contributed by atoms with E-state index < -0.39 is 22.7 Å². The van der Waals surface area contributed by atoms with Gasteiger partial charge in [-0.25, -0.2) is 0 Å². The molecule has 0 heterocycles. The zero-order valence-electron chi connectivity index (χ0n) is 31.4. The third kappa shape index (κ3) is 8.98. The van der Waals surface area contributed by atoms with Gasteiger partial charge < -0.3 is 15.1 Å². The number of benzene rings is 6. The van der Waals surface area contributed by atoms with E-state index in [-0.39, 0.29) is 23.8 Å². The van der Waals surface area contributed by atoms with Crippen LogP contribution in [-0.2, 0) is 10.1 Å². The summed E-state index contributed by atoms with van der Waals surface area (Å²) in [7, 11) is -4.56. The van der Waals surface area contributed by atoms with Crippen molar-refractivity contribution in [2.75, 3.05) is 34.8 Å². The maximum Gasteiger partial charge on any atom is 0.389 e. The molecule has 0 radical (unpaired) electrons. The van der Waals surface area contributed by atoms with Crippen LogP contribution >= 0.6 is 0 Å². The molecule has 6 aromatic carbocycles. The number of rotatable bonds is 14. The van der Waals surface area contributed by atoms with Gasteiger partial charge in [0.2, 0.25) is 0 Å². The molecule has 0 aliphatic heterocycles. The molecular formula is C45H46F3N3O3S. The monoisotopic (exact) mass is 765 g/mol. The lowest BCUT2D eigenvalue weighted by atomic mass is 9.82. The fraction of sp³-hybridized carbons (Fsp3) is 0.244. The van der Waals surface area contributed by atoms with Gasteiger partial charge in [-0.2, -0.15) is 21.6 Å². The maximum absolute atomic E-state index is 12.9. The zero-order valence-corrected chi connectivity index (χ0v) is 32.3. The van der Waals surface area contributed by atoms with Crippen LogP contribution in [0.3, 0.4) is 0 Å². The third-order valence-electron chi connectivity index (χ3n) is 10.1. The number of aryl methyl sites for hydroxylation is 2. The average molecular weight is 766 g/mol. The molecule has 0 aliphatic carbocycles. The van der Waals surface area contributed by atoms with E-state index in [1.807, 2.05) is 30.3 Å². The number of anilines is 5. The van der Waals surface area contributed by atoms with E-state index in [4.69, 9.17) is 0 Å². The van der Waals surface area contributed by atoms with Crippen molar-refractivity contribution in [2.24, 2.45) is 0 Å². The van der Waals surface area contributed by atoms with Crippen molar-refractivity contribution in [3.63, 3.8) is 0 Å². The Labute approximate surface area is 322 Å². The highest BCUT2D eigenvalue weighted by atomic mass is 32.2. The van der Waals surface area contributed by atoms with Crippen LogP contribution in [0.25, 0.3) is 10.8 Å². The fourth-order valence-electron chi connectivity index (χ4n) is 7.39. The average Bonchev–Trinajstić information content (AvgIpc) is 3.16. The Kier molecular flexibility index (Phi) is 11.9. The van der Waals surface area contributed by atoms with Crippen molar-refractivity contribution in [3.05, 3.63) is 155 Å². The lowest BCUT2D eigenvalue weighted by molar-refractivity contribution is -0.134. The second-order valence-corrected chi connectivity index (χ2v) is 15.1. The van der Waals surface area contributed by atoms with E-state index in [2.05, 4.69) is 116 Å². The van der Waals surface area contributed by atoms with E-state index in [0.29, 0.717) is 16.5 Å². The number of para-hydroxylation sites is 2. The van der Waals surface area contributed by atoms with Gasteiger partial charge in [-0.15, -0.1) is 0 Å². The molecule has 0 unspecified atom stereocenters. The van der Waals surface area contributed by atoms with E-state index in [1.165, 1.54) is 23.3 Å². The molecule has 55 heavy (non-hydrogen) atoms. The molecule has 6 nitrogen and oxygen atoms in total. The Morgan fingerprint density at radius 1 is 0.673 bits per heavy atom. The van der Waals surface area contributed by atoms with Crippen molar-refractivity contribution in [2.45, 2.75) is 57.5 Å². The Morgan fingerprint density at radius 2 is 1.18 bits per heavy atom. The van der Waals surface area contributed by atoms with Gasteiger partial charge in [0, 0.05) is 65.8 Å². The van der Waals surface area contributed by atoms with Crippen molar-refractivity contribution >= 4 is 49.3 Å². The van der Waals surface area contributed by atoms with Gasteiger partial charge in [-0.3, -0.25) is 4.55 Å². The zero-order chi connectivity index (χ0) is 39.3. The maximum atomic E-state index is 12.9. The smallest absolute Gasteiger partial charge is 0.385 e. The van der Waals surface area contributed by atoms with Crippen LogP contribution in [0.15, 0.2) is 132 Å². The highest BCUT2D eigenvalue weighted by Gasteiger charge is 2.26. The van der Waals surface area contributed by atoms with E-state index in [9.17, 15) is 26.1 Å². The summed E-state index contributed by atoms with van der Waals surface area (Å²) in [6.45, 7) is 9.99. The third-order valence-corrected chi connectivity index (χ3v) is 11.0. The summed E-state index contributed by atoms with van der Waals surface area (Å²) in [6.07, 6.45) is -5.38. The van der Waals surface area contributed by atoms with Crippen LogP contribution in [0.4, 0.5) is 41.6 Å². The van der Waals surface area contributed by atoms with E-state index in [1.54, 1.807) is 12.1 Å². The summed E-state index contributed by atoms with van der Waals surface area (Å²) in [4.78, 5) is 4.23. The highest BCUT2D eigenvalue weighted by Crippen LogP contribution is 2.41. The lowest BCUT2D eigenvalue weighted by Gasteiger charge is -2.28. The second-order valence-electron chi connectivity index (χ2n) is 13.7. The lowest BCUT2D eigenvalue weighted by Crippen LogP contribution is -2.17. The molecule has 0 saturated carbocycles. The quantitative estimate of drug-likeness (QED) is 0.0654. The molecule has 6 rings (SSSR count). The van der Waals surface area contributed by atoms with Gasteiger partial charge in [-0.1, -0.05) is 72.8 Å². The molecule has 0 bridgehead atoms. The Balaban J connectivity index is 1.48. The fourth-order valence-corrected chi connectivity index (χ4v) is 7.90. The van der Waals surface area contributed by atoms with Crippen molar-refractivity contribution in [1.29, 1.82) is 0 Å². The van der Waals surface area contributed by atoms with Crippen LogP contribution in [-0.4, -0.2) is 38.8 Å². The van der Waals surface area contributed by atoms with Crippen molar-refractivity contribution in [1.82, 2.24) is 0 Å². The van der Waals surface area contributed by atoms with Crippen LogP contribution in [0, 0.1) is 13.8 Å². The molecule has 286 valence electrons. The predicted molar refractivity (Wildman–Crippen MR) is 219 cm³/mol. The minimum absolute atomic E-state index is 0.0278. The minimum Gasteiger partial charge on any atom is -0.385 e. The number of halogens is 3. The number of alkyl halides is 3. The SMILES string of the molecule is CCN(c1ccc(C(c2ccc(N(CC)c3ccccc3C)cc2)c2ccc(NCCCC(F)(F)F)c3cc(S(=O)(=O)O)ccc23)cc1)c1ccccc1C. The first kappa shape index (κ1) is 39.4.